The average Bonchev–Trinajstić information content (AvgIpc) is 2.40. The molecule has 0 aliphatic carbocycles. The van der Waals surface area contributed by atoms with Gasteiger partial charge in [0, 0.05) is 14.7 Å². The molecule has 6 nitrogen and oxygen atoms in total. The molecule has 1 rings (SSSR count). The largest absolute Gasteiger partial charge is 0.478 e. The number of carbonyl (C=O) groups excluding carboxylic acids is 2. The number of nitrogens with one attached hydrogen (secondary N) is 2. The Kier molecular flexibility index (Phi) is 6.16. The molecule has 0 saturated carbocycles. The quantitative estimate of drug-likeness (QED) is 0.515. The minimum Gasteiger partial charge on any atom is -0.478 e. The van der Waals surface area contributed by atoms with E-state index in [0.29, 0.717) is 10.7 Å². The fourth-order valence-corrected chi connectivity index (χ4v) is 2.18. The van der Waals surface area contributed by atoms with Gasteiger partial charge < -0.3 is 10.4 Å². The van der Waals surface area contributed by atoms with E-state index in [9.17, 15) is 14.4 Å². The molecule has 0 aliphatic heterocycles. The second-order valence-electron chi connectivity index (χ2n) is 4.09. The van der Waals surface area contributed by atoms with Crippen LogP contribution in [0.15, 0.2) is 29.3 Å². The van der Waals surface area contributed by atoms with Gasteiger partial charge in [0.05, 0.1) is 10.7 Å². The van der Waals surface area contributed by atoms with Crippen molar-refractivity contribution in [1.29, 1.82) is 0 Å². The van der Waals surface area contributed by atoms with Crippen molar-refractivity contribution in [3.63, 3.8) is 0 Å². The predicted octanol–water partition coefficient (Wildman–Crippen LogP) is 3.01. The number of carbonyl (C=O) groups is 3. The first-order chi connectivity index (χ1) is 9.72. The van der Waals surface area contributed by atoms with Gasteiger partial charge in [0.1, 0.15) is 0 Å². The number of aliphatic carboxylic acids is 1. The van der Waals surface area contributed by atoms with Gasteiger partial charge in [-0.15, -0.1) is 0 Å². The molecule has 0 aromatic heterocycles. The van der Waals surface area contributed by atoms with Crippen LogP contribution >= 0.6 is 34.2 Å². The summed E-state index contributed by atoms with van der Waals surface area (Å²) in [5, 5.41) is 13.6. The summed E-state index contributed by atoms with van der Waals surface area (Å²) in [4.78, 5) is 34.1. The van der Waals surface area contributed by atoms with E-state index in [1.807, 2.05) is 5.32 Å². The Balaban J connectivity index is 2.76. The van der Waals surface area contributed by atoms with Crippen molar-refractivity contribution in [3.05, 3.63) is 37.9 Å². The number of rotatable bonds is 3. The predicted molar refractivity (Wildman–Crippen MR) is 87.3 cm³/mol. The summed E-state index contributed by atoms with van der Waals surface area (Å²) in [6.07, 6.45) is 0. The van der Waals surface area contributed by atoms with Crippen LogP contribution < -0.4 is 10.6 Å². The van der Waals surface area contributed by atoms with Gasteiger partial charge in [-0.1, -0.05) is 11.6 Å². The van der Waals surface area contributed by atoms with Gasteiger partial charge in [-0.2, -0.15) is 0 Å². The highest BCUT2D eigenvalue weighted by Gasteiger charge is 2.15. The molecule has 0 bridgehead atoms. The van der Waals surface area contributed by atoms with Gasteiger partial charge in [-0.05, 0) is 54.6 Å². The maximum Gasteiger partial charge on any atom is 0.331 e. The number of urea groups is 1. The SMILES string of the molecule is C/C(C(=O)O)=C(/C)C(=O)NC(=O)Nc1ccc(I)cc1Cl. The van der Waals surface area contributed by atoms with Crippen molar-refractivity contribution in [2.75, 3.05) is 5.32 Å². The topological polar surface area (TPSA) is 95.5 Å². The normalized spacial score (nSPS) is 11.4. The highest BCUT2D eigenvalue weighted by molar-refractivity contribution is 14.1. The van der Waals surface area contributed by atoms with Gasteiger partial charge in [-0.3, -0.25) is 10.1 Å². The van der Waals surface area contributed by atoms with Crippen LogP contribution in [0.5, 0.6) is 0 Å². The molecule has 1 aromatic rings. The number of hydrogen-bond donors (Lipinski definition) is 3. The van der Waals surface area contributed by atoms with Crippen molar-refractivity contribution >= 4 is 57.8 Å². The molecule has 0 fully saturated rings. The molecule has 21 heavy (non-hydrogen) atoms. The van der Waals surface area contributed by atoms with Gasteiger partial charge >= 0.3 is 12.0 Å². The zero-order valence-electron chi connectivity index (χ0n) is 11.2. The van der Waals surface area contributed by atoms with E-state index >= 15 is 0 Å². The van der Waals surface area contributed by atoms with Crippen LogP contribution in [-0.4, -0.2) is 23.0 Å². The van der Waals surface area contributed by atoms with Crippen molar-refractivity contribution in [1.82, 2.24) is 5.32 Å². The van der Waals surface area contributed by atoms with E-state index in [4.69, 9.17) is 16.7 Å². The van der Waals surface area contributed by atoms with Crippen molar-refractivity contribution < 1.29 is 19.5 Å². The Hall–Kier alpha value is -1.61. The number of carboxylic acids is 1. The summed E-state index contributed by atoms with van der Waals surface area (Å²) >= 11 is 8.01. The first-order valence-corrected chi connectivity index (χ1v) is 7.16. The zero-order valence-corrected chi connectivity index (χ0v) is 14.1. The van der Waals surface area contributed by atoms with E-state index in [0.717, 1.165) is 3.57 Å². The maximum absolute atomic E-state index is 11.7. The summed E-state index contributed by atoms with van der Waals surface area (Å²) in [6, 6.07) is 4.20. The third-order valence-corrected chi connectivity index (χ3v) is 3.61. The van der Waals surface area contributed by atoms with Crippen LogP contribution in [0.2, 0.25) is 5.02 Å². The lowest BCUT2D eigenvalue weighted by atomic mass is 10.1. The summed E-state index contributed by atoms with van der Waals surface area (Å²) in [7, 11) is 0. The number of carboxylic acid groups (broad SMARTS) is 1. The number of imide groups is 1. The van der Waals surface area contributed by atoms with Gasteiger partial charge in [0.25, 0.3) is 5.91 Å². The molecule has 0 atom stereocenters. The highest BCUT2D eigenvalue weighted by Crippen LogP contribution is 2.23. The molecule has 3 N–H and O–H groups in total. The second kappa shape index (κ2) is 7.41. The molecule has 0 spiro atoms. The molecule has 112 valence electrons. The average molecular weight is 423 g/mol. The van der Waals surface area contributed by atoms with Crippen LogP contribution in [-0.2, 0) is 9.59 Å². The zero-order chi connectivity index (χ0) is 16.2. The van der Waals surface area contributed by atoms with E-state index < -0.39 is 17.9 Å². The van der Waals surface area contributed by atoms with Crippen molar-refractivity contribution in [2.24, 2.45) is 0 Å². The minimum absolute atomic E-state index is 0.0497. The summed E-state index contributed by atoms with van der Waals surface area (Å²) in [6.45, 7) is 2.61. The summed E-state index contributed by atoms with van der Waals surface area (Å²) < 4.78 is 0.899. The Morgan fingerprint density at radius 2 is 1.81 bits per heavy atom. The van der Waals surface area contributed by atoms with Crippen LogP contribution in [0.25, 0.3) is 0 Å². The number of halogens is 2. The summed E-state index contributed by atoms with van der Waals surface area (Å²) in [5.41, 5.74) is 0.165. The molecule has 0 saturated heterocycles. The second-order valence-corrected chi connectivity index (χ2v) is 5.74. The summed E-state index contributed by atoms with van der Waals surface area (Å²) in [5.74, 6) is -2.00. The first-order valence-electron chi connectivity index (χ1n) is 5.70. The maximum atomic E-state index is 11.7. The lowest BCUT2D eigenvalue weighted by Gasteiger charge is -2.09. The number of benzene rings is 1. The molecule has 8 heteroatoms. The first kappa shape index (κ1) is 17.4. The molecule has 1 aromatic carbocycles. The van der Waals surface area contributed by atoms with Crippen molar-refractivity contribution in [3.8, 4) is 0 Å². The molecule has 0 radical (unpaired) electrons. The van der Waals surface area contributed by atoms with Crippen LogP contribution in [0.4, 0.5) is 10.5 Å². The van der Waals surface area contributed by atoms with Crippen molar-refractivity contribution in [2.45, 2.75) is 13.8 Å². The Bertz CT molecular complexity index is 643. The third kappa shape index (κ3) is 5.01. The van der Waals surface area contributed by atoms with Gasteiger partial charge in [0.15, 0.2) is 0 Å². The molecule has 3 amide bonds. The van der Waals surface area contributed by atoms with Crippen LogP contribution in [0.3, 0.4) is 0 Å². The third-order valence-electron chi connectivity index (χ3n) is 2.63. The Morgan fingerprint density at radius 1 is 1.19 bits per heavy atom. The highest BCUT2D eigenvalue weighted by atomic mass is 127. The van der Waals surface area contributed by atoms with E-state index in [1.54, 1.807) is 18.2 Å². The monoisotopic (exact) mass is 422 g/mol. The Morgan fingerprint density at radius 3 is 2.33 bits per heavy atom. The number of amides is 3. The Labute approximate surface area is 139 Å². The van der Waals surface area contributed by atoms with E-state index in [2.05, 4.69) is 27.9 Å². The smallest absolute Gasteiger partial charge is 0.331 e. The van der Waals surface area contributed by atoms with E-state index in [1.165, 1.54) is 13.8 Å². The lowest BCUT2D eigenvalue weighted by molar-refractivity contribution is -0.133. The fraction of sp³-hybridized carbons (Fsp3) is 0.154. The van der Waals surface area contributed by atoms with Crippen LogP contribution in [0, 0.1) is 3.57 Å². The molecular weight excluding hydrogens is 411 g/mol. The van der Waals surface area contributed by atoms with E-state index in [-0.39, 0.29) is 11.1 Å². The van der Waals surface area contributed by atoms with Gasteiger partial charge in [-0.25, -0.2) is 9.59 Å². The van der Waals surface area contributed by atoms with Crippen LogP contribution in [0.1, 0.15) is 13.8 Å². The lowest BCUT2D eigenvalue weighted by Crippen LogP contribution is -2.35. The minimum atomic E-state index is -1.22. The molecule has 0 aliphatic rings. The van der Waals surface area contributed by atoms with Gasteiger partial charge in [0.2, 0.25) is 0 Å². The number of anilines is 1. The molecular formula is C13H12ClIN2O4. The standard InChI is InChI=1S/C13H12ClIN2O4/c1-6(7(2)12(19)20)11(18)17-13(21)16-10-4-3-8(15)5-9(10)14/h3-5H,1-2H3,(H,19,20)(H2,16,17,18,21)/b7-6+. The molecule has 0 unspecified atom stereocenters. The fourth-order valence-electron chi connectivity index (χ4n) is 1.27. The number of hydrogen-bond acceptors (Lipinski definition) is 3. The molecule has 0 heterocycles.